The fourth-order valence-electron chi connectivity index (χ4n) is 2.13. The van der Waals surface area contributed by atoms with Gasteiger partial charge in [0.05, 0.1) is 13.2 Å². The molecule has 0 aromatic rings. The third-order valence-corrected chi connectivity index (χ3v) is 2.95. The van der Waals surface area contributed by atoms with Gasteiger partial charge in [0.15, 0.2) is 0 Å². The first kappa shape index (κ1) is 11.0. The van der Waals surface area contributed by atoms with Crippen LogP contribution in [0, 0.1) is 0 Å². The Kier molecular flexibility index (Phi) is 4.70. The van der Waals surface area contributed by atoms with Gasteiger partial charge in [-0.3, -0.25) is 4.90 Å². The van der Waals surface area contributed by atoms with Crippen molar-refractivity contribution in [3.63, 3.8) is 0 Å². The van der Waals surface area contributed by atoms with Crippen LogP contribution in [0.2, 0.25) is 0 Å². The van der Waals surface area contributed by atoms with Crippen molar-refractivity contribution in [1.82, 2.24) is 10.2 Å². The second kappa shape index (κ2) is 5.58. The largest absolute Gasteiger partial charge is 0.378 e. The minimum atomic E-state index is 0.493. The van der Waals surface area contributed by atoms with Gasteiger partial charge in [0, 0.05) is 18.6 Å². The molecule has 1 aliphatic rings. The van der Waals surface area contributed by atoms with Crippen LogP contribution in [0.4, 0.5) is 0 Å². The Labute approximate surface area is 81.4 Å². The van der Waals surface area contributed by atoms with Gasteiger partial charge in [-0.25, -0.2) is 0 Å². The molecule has 0 aliphatic carbocycles. The molecule has 1 heterocycles. The SMILES string of the molecule is CCC1C(NC)COCCN1CC. The molecule has 78 valence electrons. The lowest BCUT2D eigenvalue weighted by Gasteiger charge is -2.32. The highest BCUT2D eigenvalue weighted by atomic mass is 16.5. The summed E-state index contributed by atoms with van der Waals surface area (Å²) in [7, 11) is 2.02. The monoisotopic (exact) mass is 186 g/mol. The van der Waals surface area contributed by atoms with Crippen molar-refractivity contribution in [2.75, 3.05) is 33.4 Å². The molecule has 0 aromatic carbocycles. The van der Waals surface area contributed by atoms with Crippen LogP contribution >= 0.6 is 0 Å². The third kappa shape index (κ3) is 2.66. The summed E-state index contributed by atoms with van der Waals surface area (Å²) in [5, 5.41) is 3.34. The van der Waals surface area contributed by atoms with Gasteiger partial charge in [-0.2, -0.15) is 0 Å². The minimum absolute atomic E-state index is 0.493. The lowest BCUT2D eigenvalue weighted by molar-refractivity contribution is 0.130. The third-order valence-electron chi connectivity index (χ3n) is 2.95. The van der Waals surface area contributed by atoms with E-state index in [1.54, 1.807) is 0 Å². The van der Waals surface area contributed by atoms with Crippen LogP contribution in [-0.4, -0.2) is 50.3 Å². The highest BCUT2D eigenvalue weighted by Gasteiger charge is 2.26. The molecule has 0 saturated carbocycles. The molecule has 1 fully saturated rings. The van der Waals surface area contributed by atoms with Crippen molar-refractivity contribution < 1.29 is 4.74 Å². The Hall–Kier alpha value is -0.120. The highest BCUT2D eigenvalue weighted by molar-refractivity contribution is 4.84. The summed E-state index contributed by atoms with van der Waals surface area (Å²) in [6, 6.07) is 1.13. The van der Waals surface area contributed by atoms with E-state index < -0.39 is 0 Å². The number of hydrogen-bond donors (Lipinski definition) is 1. The lowest BCUT2D eigenvalue weighted by Crippen LogP contribution is -2.49. The summed E-state index contributed by atoms with van der Waals surface area (Å²) >= 11 is 0. The van der Waals surface area contributed by atoms with Crippen LogP contribution in [0.15, 0.2) is 0 Å². The van der Waals surface area contributed by atoms with Crippen molar-refractivity contribution >= 4 is 0 Å². The van der Waals surface area contributed by atoms with Crippen LogP contribution in [0.3, 0.4) is 0 Å². The van der Waals surface area contributed by atoms with Crippen LogP contribution in [-0.2, 0) is 4.74 Å². The molecule has 3 nitrogen and oxygen atoms in total. The van der Waals surface area contributed by atoms with E-state index >= 15 is 0 Å². The first-order chi connectivity index (χ1) is 6.33. The van der Waals surface area contributed by atoms with Crippen LogP contribution in [0.5, 0.6) is 0 Å². The second-order valence-electron chi connectivity index (χ2n) is 3.57. The fourth-order valence-corrected chi connectivity index (χ4v) is 2.13. The van der Waals surface area contributed by atoms with E-state index in [-0.39, 0.29) is 0 Å². The summed E-state index contributed by atoms with van der Waals surface area (Å²) in [5.74, 6) is 0. The number of ether oxygens (including phenoxy) is 1. The molecule has 0 bridgehead atoms. The van der Waals surface area contributed by atoms with Gasteiger partial charge in [0.25, 0.3) is 0 Å². The molecule has 0 amide bonds. The molecule has 2 atom stereocenters. The number of hydrogen-bond acceptors (Lipinski definition) is 3. The van der Waals surface area contributed by atoms with Gasteiger partial charge in [0.1, 0.15) is 0 Å². The Bertz CT molecular complexity index is 127. The molecule has 1 rings (SSSR count). The second-order valence-corrected chi connectivity index (χ2v) is 3.57. The summed E-state index contributed by atoms with van der Waals surface area (Å²) in [6.45, 7) is 8.41. The quantitative estimate of drug-likeness (QED) is 0.702. The fraction of sp³-hybridized carbons (Fsp3) is 1.00. The Morgan fingerprint density at radius 3 is 2.77 bits per heavy atom. The van der Waals surface area contributed by atoms with E-state index in [1.165, 1.54) is 6.42 Å². The highest BCUT2D eigenvalue weighted by Crippen LogP contribution is 2.12. The number of likely N-dealkylation sites (N-methyl/N-ethyl adjacent to an activating group) is 2. The maximum absolute atomic E-state index is 5.56. The zero-order chi connectivity index (χ0) is 9.68. The first-order valence-corrected chi connectivity index (χ1v) is 5.32. The van der Waals surface area contributed by atoms with Crippen molar-refractivity contribution in [1.29, 1.82) is 0 Å². The minimum Gasteiger partial charge on any atom is -0.378 e. The van der Waals surface area contributed by atoms with E-state index in [2.05, 4.69) is 24.1 Å². The zero-order valence-corrected chi connectivity index (χ0v) is 9.05. The Morgan fingerprint density at radius 1 is 1.46 bits per heavy atom. The van der Waals surface area contributed by atoms with E-state index in [0.717, 1.165) is 26.3 Å². The van der Waals surface area contributed by atoms with Crippen molar-refractivity contribution in [3.05, 3.63) is 0 Å². The van der Waals surface area contributed by atoms with Gasteiger partial charge in [-0.05, 0) is 20.0 Å². The maximum atomic E-state index is 5.56. The van der Waals surface area contributed by atoms with E-state index in [4.69, 9.17) is 4.74 Å². The number of rotatable bonds is 3. The van der Waals surface area contributed by atoms with E-state index in [9.17, 15) is 0 Å². The standard InChI is InChI=1S/C10H22N2O/c1-4-10-9(11-3)8-13-7-6-12(10)5-2/h9-11H,4-8H2,1-3H3. The lowest BCUT2D eigenvalue weighted by atomic mass is 10.1. The molecule has 0 spiro atoms. The molecule has 1 aliphatic heterocycles. The topological polar surface area (TPSA) is 24.5 Å². The van der Waals surface area contributed by atoms with Crippen LogP contribution in [0.1, 0.15) is 20.3 Å². The van der Waals surface area contributed by atoms with Crippen LogP contribution in [0.25, 0.3) is 0 Å². The summed E-state index contributed by atoms with van der Waals surface area (Å²) in [4.78, 5) is 2.51. The van der Waals surface area contributed by atoms with Gasteiger partial charge in [0.2, 0.25) is 0 Å². The summed E-state index contributed by atoms with van der Waals surface area (Å²) in [6.07, 6.45) is 1.20. The smallest absolute Gasteiger partial charge is 0.0635 e. The Morgan fingerprint density at radius 2 is 2.23 bits per heavy atom. The molecular formula is C10H22N2O. The Balaban J connectivity index is 2.61. The average molecular weight is 186 g/mol. The number of nitrogens with zero attached hydrogens (tertiary/aromatic N) is 1. The molecule has 0 radical (unpaired) electrons. The molecule has 1 saturated heterocycles. The van der Waals surface area contributed by atoms with Gasteiger partial charge >= 0.3 is 0 Å². The van der Waals surface area contributed by atoms with Gasteiger partial charge < -0.3 is 10.1 Å². The molecular weight excluding hydrogens is 164 g/mol. The van der Waals surface area contributed by atoms with Gasteiger partial charge in [-0.15, -0.1) is 0 Å². The van der Waals surface area contributed by atoms with E-state index in [1.807, 2.05) is 7.05 Å². The van der Waals surface area contributed by atoms with Gasteiger partial charge in [-0.1, -0.05) is 13.8 Å². The molecule has 2 unspecified atom stereocenters. The molecule has 0 aromatic heterocycles. The zero-order valence-electron chi connectivity index (χ0n) is 9.05. The van der Waals surface area contributed by atoms with Crippen molar-refractivity contribution in [2.45, 2.75) is 32.4 Å². The van der Waals surface area contributed by atoms with E-state index in [0.29, 0.717) is 12.1 Å². The van der Waals surface area contributed by atoms with Crippen molar-refractivity contribution in [2.24, 2.45) is 0 Å². The maximum Gasteiger partial charge on any atom is 0.0635 e. The normalized spacial score (nSPS) is 31.6. The predicted molar refractivity (Wildman–Crippen MR) is 55.0 cm³/mol. The predicted octanol–water partition coefficient (Wildman–Crippen LogP) is 0.705. The molecule has 13 heavy (non-hydrogen) atoms. The molecule has 3 heteroatoms. The number of nitrogens with one attached hydrogen (secondary N) is 1. The molecule has 1 N–H and O–H groups in total. The average Bonchev–Trinajstić information content (AvgIpc) is 2.37. The summed E-state index contributed by atoms with van der Waals surface area (Å²) < 4.78 is 5.56. The van der Waals surface area contributed by atoms with Crippen molar-refractivity contribution in [3.8, 4) is 0 Å². The van der Waals surface area contributed by atoms with Crippen LogP contribution < -0.4 is 5.32 Å². The summed E-state index contributed by atoms with van der Waals surface area (Å²) in [5.41, 5.74) is 0. The first-order valence-electron chi connectivity index (χ1n) is 5.32.